The molecule has 12 nitrogen and oxygen atoms in total. The molecule has 0 fully saturated rings. The Morgan fingerprint density at radius 1 is 0.837 bits per heavy atom. The molecule has 4 aromatic carbocycles. The summed E-state index contributed by atoms with van der Waals surface area (Å²) in [6.07, 6.45) is 2.81. The van der Waals surface area contributed by atoms with Gasteiger partial charge in [-0.05, 0) is 65.7 Å². The second-order valence-electron chi connectivity index (χ2n) is 8.96. The third kappa shape index (κ3) is 7.27. The number of nitro groups is 1. The van der Waals surface area contributed by atoms with Crippen molar-refractivity contribution in [2.24, 2.45) is 5.10 Å². The maximum atomic E-state index is 13.1. The zero-order chi connectivity index (χ0) is 30.2. The van der Waals surface area contributed by atoms with Gasteiger partial charge in [0.1, 0.15) is 11.4 Å². The number of hydrogen-bond donors (Lipinski definition) is 2. The summed E-state index contributed by atoms with van der Waals surface area (Å²) in [5, 5.41) is 17.4. The first-order valence-corrected chi connectivity index (χ1v) is 12.7. The first kappa shape index (κ1) is 28.2. The van der Waals surface area contributed by atoms with E-state index in [1.165, 1.54) is 42.6 Å². The quantitative estimate of drug-likeness (QED) is 0.0736. The van der Waals surface area contributed by atoms with Crippen molar-refractivity contribution in [2.45, 2.75) is 0 Å². The van der Waals surface area contributed by atoms with Gasteiger partial charge in [-0.2, -0.15) is 5.10 Å². The molecule has 0 atom stereocenters. The molecule has 2 amide bonds. The number of hydrogen-bond acceptors (Lipinski definition) is 9. The number of benzene rings is 4. The summed E-state index contributed by atoms with van der Waals surface area (Å²) >= 11 is 0. The van der Waals surface area contributed by atoms with Crippen molar-refractivity contribution in [3.05, 3.63) is 135 Å². The maximum absolute atomic E-state index is 13.1. The van der Waals surface area contributed by atoms with Crippen LogP contribution in [-0.4, -0.2) is 35.7 Å². The van der Waals surface area contributed by atoms with Crippen molar-refractivity contribution < 1.29 is 33.5 Å². The fourth-order valence-corrected chi connectivity index (χ4v) is 3.88. The summed E-state index contributed by atoms with van der Waals surface area (Å²) in [4.78, 5) is 48.6. The van der Waals surface area contributed by atoms with Crippen LogP contribution < -0.4 is 25.0 Å². The number of nitrogens with one attached hydrogen (secondary N) is 2. The molecule has 1 aliphatic rings. The van der Waals surface area contributed by atoms with E-state index >= 15 is 0 Å². The fourth-order valence-electron chi connectivity index (χ4n) is 3.88. The van der Waals surface area contributed by atoms with Crippen molar-refractivity contribution >= 4 is 35.8 Å². The van der Waals surface area contributed by atoms with Gasteiger partial charge < -0.3 is 19.5 Å². The van der Waals surface area contributed by atoms with Gasteiger partial charge in [-0.15, -0.1) is 0 Å². The molecule has 1 heterocycles. The summed E-state index contributed by atoms with van der Waals surface area (Å²) < 4.78 is 16.1. The average molecular weight is 579 g/mol. The van der Waals surface area contributed by atoms with Gasteiger partial charge in [-0.3, -0.25) is 19.7 Å². The summed E-state index contributed by atoms with van der Waals surface area (Å²) in [5.74, 6) is -0.619. The predicted octanol–water partition coefficient (Wildman–Crippen LogP) is 4.46. The first-order chi connectivity index (χ1) is 20.9. The molecule has 0 unspecified atom stereocenters. The normalized spacial score (nSPS) is 12.0. The highest BCUT2D eigenvalue weighted by Crippen LogP contribution is 2.33. The second kappa shape index (κ2) is 12.9. The van der Waals surface area contributed by atoms with Crippen LogP contribution in [-0.2, 0) is 4.79 Å². The zero-order valence-electron chi connectivity index (χ0n) is 22.3. The van der Waals surface area contributed by atoms with Gasteiger partial charge in [0.2, 0.25) is 6.79 Å². The number of amides is 2. The average Bonchev–Trinajstić information content (AvgIpc) is 3.49. The van der Waals surface area contributed by atoms with E-state index < -0.39 is 22.7 Å². The van der Waals surface area contributed by atoms with Gasteiger partial charge in [0.05, 0.1) is 16.7 Å². The van der Waals surface area contributed by atoms with E-state index in [9.17, 15) is 24.5 Å². The fraction of sp³-hybridized carbons (Fsp3) is 0.0323. The standard InChI is InChI=1S/C31H22N4O8/c36-29(22-6-2-1-3-7-22)33-26(16-20-9-14-27-28(17-20)42-19-41-27)30(37)34-32-18-21-5-4-8-25(15-21)43-31(38)23-10-12-24(13-11-23)35(39)40/h1-18H,19H2,(H,33,36)(H,34,37)/b26-16+,32-18-. The number of non-ortho nitro benzene ring substituents is 1. The molecule has 214 valence electrons. The van der Waals surface area contributed by atoms with E-state index in [1.807, 2.05) is 0 Å². The summed E-state index contributed by atoms with van der Waals surface area (Å²) in [6, 6.07) is 24.9. The molecule has 12 heteroatoms. The SMILES string of the molecule is O=C(N/N=C\c1cccc(OC(=O)c2ccc([N+](=O)[O-])cc2)c1)/C(=C\c1ccc2c(c1)OCO2)NC(=O)c1ccccc1. The summed E-state index contributed by atoms with van der Waals surface area (Å²) in [5.41, 5.74) is 3.73. The van der Waals surface area contributed by atoms with E-state index in [0.717, 1.165) is 0 Å². The number of carbonyl (C=O) groups is 3. The van der Waals surface area contributed by atoms with Crippen LogP contribution >= 0.6 is 0 Å². The number of nitrogens with zero attached hydrogens (tertiary/aromatic N) is 2. The molecule has 2 N–H and O–H groups in total. The van der Waals surface area contributed by atoms with Crippen LogP contribution in [0.4, 0.5) is 5.69 Å². The van der Waals surface area contributed by atoms with Crippen LogP contribution in [0.15, 0.2) is 108 Å². The number of esters is 1. The number of fused-ring (bicyclic) bond motifs is 1. The number of carbonyl (C=O) groups excluding carboxylic acids is 3. The predicted molar refractivity (Wildman–Crippen MR) is 155 cm³/mol. The van der Waals surface area contributed by atoms with Crippen LogP contribution in [0.2, 0.25) is 0 Å². The Bertz CT molecular complexity index is 1750. The molecule has 4 aromatic rings. The first-order valence-electron chi connectivity index (χ1n) is 12.7. The number of hydrazone groups is 1. The molecule has 43 heavy (non-hydrogen) atoms. The van der Waals surface area contributed by atoms with E-state index in [0.29, 0.717) is 28.2 Å². The van der Waals surface area contributed by atoms with Gasteiger partial charge in [0.15, 0.2) is 11.5 Å². The summed E-state index contributed by atoms with van der Waals surface area (Å²) in [7, 11) is 0. The van der Waals surface area contributed by atoms with E-state index in [-0.39, 0.29) is 29.5 Å². The number of nitro benzene ring substituents is 1. The lowest BCUT2D eigenvalue weighted by molar-refractivity contribution is -0.384. The van der Waals surface area contributed by atoms with Crippen LogP contribution in [0.25, 0.3) is 6.08 Å². The molecule has 5 rings (SSSR count). The van der Waals surface area contributed by atoms with Crippen LogP contribution in [0, 0.1) is 10.1 Å². The molecular formula is C31H22N4O8. The summed E-state index contributed by atoms with van der Waals surface area (Å²) in [6.45, 7) is 0.0900. The van der Waals surface area contributed by atoms with Crippen molar-refractivity contribution in [2.75, 3.05) is 6.79 Å². The van der Waals surface area contributed by atoms with E-state index in [1.54, 1.807) is 66.7 Å². The Balaban J connectivity index is 1.28. The Morgan fingerprint density at radius 2 is 1.60 bits per heavy atom. The van der Waals surface area contributed by atoms with E-state index in [2.05, 4.69) is 15.8 Å². The monoisotopic (exact) mass is 578 g/mol. The van der Waals surface area contributed by atoms with Gasteiger partial charge in [-0.1, -0.05) is 36.4 Å². The van der Waals surface area contributed by atoms with Crippen LogP contribution in [0.1, 0.15) is 31.8 Å². The molecule has 0 radical (unpaired) electrons. The largest absolute Gasteiger partial charge is 0.454 e. The Kier molecular flexibility index (Phi) is 8.48. The topological polar surface area (TPSA) is 158 Å². The molecule has 0 bridgehead atoms. The highest BCUT2D eigenvalue weighted by Gasteiger charge is 2.17. The van der Waals surface area contributed by atoms with Gasteiger partial charge in [-0.25, -0.2) is 10.2 Å². The third-order valence-electron chi connectivity index (χ3n) is 6.00. The lowest BCUT2D eigenvalue weighted by Gasteiger charge is -2.09. The van der Waals surface area contributed by atoms with Crippen LogP contribution in [0.5, 0.6) is 17.2 Å². The molecule has 0 saturated heterocycles. The highest BCUT2D eigenvalue weighted by molar-refractivity contribution is 6.05. The highest BCUT2D eigenvalue weighted by atomic mass is 16.7. The Morgan fingerprint density at radius 3 is 2.37 bits per heavy atom. The van der Waals surface area contributed by atoms with Gasteiger partial charge in [0.25, 0.3) is 17.5 Å². The third-order valence-corrected chi connectivity index (χ3v) is 6.00. The smallest absolute Gasteiger partial charge is 0.343 e. The second-order valence-corrected chi connectivity index (χ2v) is 8.96. The molecule has 0 aromatic heterocycles. The maximum Gasteiger partial charge on any atom is 0.343 e. The number of ether oxygens (including phenoxy) is 3. The van der Waals surface area contributed by atoms with Crippen molar-refractivity contribution in [1.82, 2.24) is 10.7 Å². The van der Waals surface area contributed by atoms with Gasteiger partial charge >= 0.3 is 5.97 Å². The Hall–Kier alpha value is -6.30. The minimum absolute atomic E-state index is 0.0735. The molecular weight excluding hydrogens is 556 g/mol. The molecule has 0 saturated carbocycles. The Labute approximate surface area is 244 Å². The molecule has 1 aliphatic heterocycles. The molecule has 0 spiro atoms. The molecule has 0 aliphatic carbocycles. The van der Waals surface area contributed by atoms with Gasteiger partial charge in [0, 0.05) is 17.7 Å². The lowest BCUT2D eigenvalue weighted by atomic mass is 10.1. The zero-order valence-corrected chi connectivity index (χ0v) is 22.3. The van der Waals surface area contributed by atoms with Crippen LogP contribution in [0.3, 0.4) is 0 Å². The minimum atomic E-state index is -0.704. The lowest BCUT2D eigenvalue weighted by Crippen LogP contribution is -2.32. The minimum Gasteiger partial charge on any atom is -0.454 e. The van der Waals surface area contributed by atoms with Crippen molar-refractivity contribution in [1.29, 1.82) is 0 Å². The van der Waals surface area contributed by atoms with E-state index in [4.69, 9.17) is 14.2 Å². The van der Waals surface area contributed by atoms with Crippen molar-refractivity contribution in [3.63, 3.8) is 0 Å². The van der Waals surface area contributed by atoms with Crippen molar-refractivity contribution in [3.8, 4) is 17.2 Å². The number of rotatable bonds is 9.